The summed E-state index contributed by atoms with van der Waals surface area (Å²) >= 11 is 1.82. The number of thioether (sulfide) groups is 1. The zero-order valence-corrected chi connectivity index (χ0v) is 13.5. The van der Waals surface area contributed by atoms with Gasteiger partial charge < -0.3 is 4.74 Å². The van der Waals surface area contributed by atoms with Crippen molar-refractivity contribution in [2.24, 2.45) is 0 Å². The highest BCUT2D eigenvalue weighted by atomic mass is 32.2. The van der Waals surface area contributed by atoms with Gasteiger partial charge in [0.25, 0.3) is 0 Å². The van der Waals surface area contributed by atoms with Crippen LogP contribution in [-0.2, 0) is 0 Å². The second-order valence-corrected chi connectivity index (χ2v) is 6.87. The van der Waals surface area contributed by atoms with Gasteiger partial charge in [-0.3, -0.25) is 4.79 Å². The van der Waals surface area contributed by atoms with E-state index in [0.29, 0.717) is 11.0 Å². The molecular weight excluding hydrogens is 268 g/mol. The normalized spacial score (nSPS) is 16.1. The summed E-state index contributed by atoms with van der Waals surface area (Å²) in [5.41, 5.74) is 2.97. The second-order valence-electron chi connectivity index (χ2n) is 5.58. The Morgan fingerprint density at radius 1 is 1.25 bits per heavy atom. The third-order valence-corrected chi connectivity index (χ3v) is 5.56. The number of benzene rings is 1. The Hall–Kier alpha value is -0.960. The highest BCUT2D eigenvalue weighted by molar-refractivity contribution is 8.00. The Labute approximate surface area is 126 Å². The lowest BCUT2D eigenvalue weighted by molar-refractivity contribution is 0.101. The maximum atomic E-state index is 12.4. The standard InChI is InChI=1S/C17H24O2S/c1-12-9-10-15(17(19-3)13(12)2)16(18)11-20-14-7-5-4-6-8-14/h9-10,14H,4-8,11H2,1-3H3. The molecule has 1 aromatic carbocycles. The molecule has 2 nitrogen and oxygen atoms in total. The molecule has 1 saturated carbocycles. The van der Waals surface area contributed by atoms with Gasteiger partial charge in [0.15, 0.2) is 5.78 Å². The number of ketones is 1. The minimum absolute atomic E-state index is 0.195. The van der Waals surface area contributed by atoms with Gasteiger partial charge >= 0.3 is 0 Å². The van der Waals surface area contributed by atoms with Gasteiger partial charge in [-0.05, 0) is 43.9 Å². The number of Topliss-reactive ketones (excluding diaryl/α,β-unsaturated/α-hetero) is 1. The van der Waals surface area contributed by atoms with Crippen LogP contribution in [0.1, 0.15) is 53.6 Å². The Morgan fingerprint density at radius 3 is 2.60 bits per heavy atom. The Morgan fingerprint density at radius 2 is 1.95 bits per heavy atom. The van der Waals surface area contributed by atoms with Crippen LogP contribution in [0.2, 0.25) is 0 Å². The first-order valence-electron chi connectivity index (χ1n) is 7.42. The van der Waals surface area contributed by atoms with Crippen molar-refractivity contribution in [1.82, 2.24) is 0 Å². The molecule has 2 rings (SSSR count). The van der Waals surface area contributed by atoms with Crippen LogP contribution < -0.4 is 4.74 Å². The summed E-state index contributed by atoms with van der Waals surface area (Å²) in [6, 6.07) is 3.92. The number of rotatable bonds is 5. The molecule has 110 valence electrons. The van der Waals surface area contributed by atoms with Crippen LogP contribution in [0.25, 0.3) is 0 Å². The molecule has 3 heteroatoms. The Kier molecular flexibility index (Phi) is 5.53. The maximum Gasteiger partial charge on any atom is 0.176 e. The summed E-state index contributed by atoms with van der Waals surface area (Å²) in [5.74, 6) is 1.52. The summed E-state index contributed by atoms with van der Waals surface area (Å²) < 4.78 is 5.44. The molecule has 1 aromatic rings. The van der Waals surface area contributed by atoms with Crippen molar-refractivity contribution in [1.29, 1.82) is 0 Å². The molecule has 20 heavy (non-hydrogen) atoms. The quantitative estimate of drug-likeness (QED) is 0.744. The van der Waals surface area contributed by atoms with Crippen LogP contribution in [0.3, 0.4) is 0 Å². The van der Waals surface area contributed by atoms with Crippen LogP contribution in [0.5, 0.6) is 5.75 Å². The van der Waals surface area contributed by atoms with Crippen LogP contribution >= 0.6 is 11.8 Å². The number of aryl methyl sites for hydroxylation is 1. The number of hydrogen-bond donors (Lipinski definition) is 0. The largest absolute Gasteiger partial charge is 0.496 e. The first-order chi connectivity index (χ1) is 9.63. The number of hydrogen-bond acceptors (Lipinski definition) is 3. The third kappa shape index (κ3) is 3.57. The summed E-state index contributed by atoms with van der Waals surface area (Å²) in [5, 5.41) is 0.672. The Balaban J connectivity index is 2.03. The highest BCUT2D eigenvalue weighted by Crippen LogP contribution is 2.31. The lowest BCUT2D eigenvalue weighted by atomic mass is 10.0. The number of carbonyl (C=O) groups excluding carboxylic acids is 1. The zero-order valence-electron chi connectivity index (χ0n) is 12.7. The number of ether oxygens (including phenoxy) is 1. The summed E-state index contributed by atoms with van der Waals surface area (Å²) in [4.78, 5) is 12.4. The lowest BCUT2D eigenvalue weighted by Gasteiger charge is -2.21. The van der Waals surface area contributed by atoms with E-state index < -0.39 is 0 Å². The van der Waals surface area contributed by atoms with E-state index in [-0.39, 0.29) is 5.78 Å². The number of methoxy groups -OCH3 is 1. The van der Waals surface area contributed by atoms with E-state index >= 15 is 0 Å². The zero-order chi connectivity index (χ0) is 14.5. The number of carbonyl (C=O) groups is 1. The topological polar surface area (TPSA) is 26.3 Å². The molecule has 0 radical (unpaired) electrons. The lowest BCUT2D eigenvalue weighted by Crippen LogP contribution is -2.13. The monoisotopic (exact) mass is 292 g/mol. The Bertz CT molecular complexity index is 476. The van der Waals surface area contributed by atoms with Crippen molar-refractivity contribution in [3.8, 4) is 5.75 Å². The first kappa shape index (κ1) is 15.4. The molecule has 1 fully saturated rings. The van der Waals surface area contributed by atoms with Crippen LogP contribution in [0.4, 0.5) is 0 Å². The SMILES string of the molecule is COc1c(C(=O)CSC2CCCCC2)ccc(C)c1C. The van der Waals surface area contributed by atoms with Crippen molar-refractivity contribution >= 4 is 17.5 Å². The van der Waals surface area contributed by atoms with E-state index in [1.54, 1.807) is 7.11 Å². The van der Waals surface area contributed by atoms with E-state index in [0.717, 1.165) is 16.9 Å². The average molecular weight is 292 g/mol. The van der Waals surface area contributed by atoms with Crippen molar-refractivity contribution in [2.75, 3.05) is 12.9 Å². The van der Waals surface area contributed by atoms with Crippen molar-refractivity contribution in [3.05, 3.63) is 28.8 Å². The average Bonchev–Trinajstić information content (AvgIpc) is 2.48. The third-order valence-electron chi connectivity index (χ3n) is 4.18. The fourth-order valence-electron chi connectivity index (χ4n) is 2.78. The highest BCUT2D eigenvalue weighted by Gasteiger charge is 2.19. The molecule has 0 saturated heterocycles. The van der Waals surface area contributed by atoms with Gasteiger partial charge in [-0.2, -0.15) is 11.8 Å². The van der Waals surface area contributed by atoms with Gasteiger partial charge in [-0.25, -0.2) is 0 Å². The van der Waals surface area contributed by atoms with Crippen molar-refractivity contribution in [3.63, 3.8) is 0 Å². The van der Waals surface area contributed by atoms with E-state index in [1.165, 1.54) is 37.7 Å². The van der Waals surface area contributed by atoms with E-state index in [9.17, 15) is 4.79 Å². The second kappa shape index (κ2) is 7.16. The van der Waals surface area contributed by atoms with Gasteiger partial charge in [-0.1, -0.05) is 25.3 Å². The predicted molar refractivity (Wildman–Crippen MR) is 86.1 cm³/mol. The molecular formula is C17H24O2S. The summed E-state index contributed by atoms with van der Waals surface area (Å²) in [6.45, 7) is 4.06. The van der Waals surface area contributed by atoms with Gasteiger partial charge in [0, 0.05) is 5.25 Å². The van der Waals surface area contributed by atoms with Crippen LogP contribution in [-0.4, -0.2) is 23.9 Å². The molecule has 1 aliphatic carbocycles. The first-order valence-corrected chi connectivity index (χ1v) is 8.47. The molecule has 0 heterocycles. The molecule has 0 unspecified atom stereocenters. The predicted octanol–water partition coefficient (Wildman–Crippen LogP) is 4.56. The molecule has 0 amide bonds. The maximum absolute atomic E-state index is 12.4. The van der Waals surface area contributed by atoms with Crippen LogP contribution in [0, 0.1) is 13.8 Å². The van der Waals surface area contributed by atoms with Crippen LogP contribution in [0.15, 0.2) is 12.1 Å². The van der Waals surface area contributed by atoms with Gasteiger partial charge in [0.05, 0.1) is 18.4 Å². The van der Waals surface area contributed by atoms with E-state index in [4.69, 9.17) is 4.74 Å². The summed E-state index contributed by atoms with van der Waals surface area (Å²) in [7, 11) is 1.65. The fourth-order valence-corrected chi connectivity index (χ4v) is 3.99. The molecule has 1 aliphatic rings. The molecule has 0 bridgehead atoms. The van der Waals surface area contributed by atoms with Crippen molar-refractivity contribution in [2.45, 2.75) is 51.2 Å². The van der Waals surface area contributed by atoms with Gasteiger partial charge in [0.1, 0.15) is 5.75 Å². The van der Waals surface area contributed by atoms with E-state index in [1.807, 2.05) is 37.7 Å². The molecule has 0 aromatic heterocycles. The molecule has 0 N–H and O–H groups in total. The van der Waals surface area contributed by atoms with Gasteiger partial charge in [0.2, 0.25) is 0 Å². The smallest absolute Gasteiger partial charge is 0.176 e. The van der Waals surface area contributed by atoms with Crippen molar-refractivity contribution < 1.29 is 9.53 Å². The molecule has 0 spiro atoms. The minimum Gasteiger partial charge on any atom is -0.496 e. The van der Waals surface area contributed by atoms with E-state index in [2.05, 4.69) is 0 Å². The summed E-state index contributed by atoms with van der Waals surface area (Å²) in [6.07, 6.45) is 6.53. The fraction of sp³-hybridized carbons (Fsp3) is 0.588. The molecule has 0 atom stereocenters. The minimum atomic E-state index is 0.195. The van der Waals surface area contributed by atoms with Gasteiger partial charge in [-0.15, -0.1) is 0 Å². The molecule has 0 aliphatic heterocycles.